The molecule has 1 aliphatic heterocycles. The average Bonchev–Trinajstić information content (AvgIpc) is 3.32. The number of esters is 1. The van der Waals surface area contributed by atoms with Crippen LogP contribution in [0.3, 0.4) is 0 Å². The van der Waals surface area contributed by atoms with E-state index in [1.54, 1.807) is 0 Å². The van der Waals surface area contributed by atoms with Crippen molar-refractivity contribution in [2.24, 2.45) is 17.6 Å². The summed E-state index contributed by atoms with van der Waals surface area (Å²) in [4.78, 5) is 60.9. The van der Waals surface area contributed by atoms with Crippen molar-refractivity contribution in [2.75, 3.05) is 12.3 Å². The van der Waals surface area contributed by atoms with Gasteiger partial charge in [-0.2, -0.15) is 0 Å². The van der Waals surface area contributed by atoms with Crippen molar-refractivity contribution >= 4 is 41.5 Å². The average molecular weight is 614 g/mol. The predicted molar refractivity (Wildman–Crippen MR) is 160 cm³/mol. The fourth-order valence-electron chi connectivity index (χ4n) is 6.18. The number of benzene rings is 1. The van der Waals surface area contributed by atoms with Crippen LogP contribution in [0.5, 0.6) is 0 Å². The van der Waals surface area contributed by atoms with Crippen LogP contribution in [0.25, 0.3) is 0 Å². The van der Waals surface area contributed by atoms with Gasteiger partial charge in [-0.15, -0.1) is 11.8 Å². The van der Waals surface area contributed by atoms with Crippen LogP contribution in [0.1, 0.15) is 57.4 Å². The molecule has 2 aliphatic carbocycles. The zero-order chi connectivity index (χ0) is 31.1. The van der Waals surface area contributed by atoms with Gasteiger partial charge < -0.3 is 31.3 Å². The lowest BCUT2D eigenvalue weighted by atomic mass is 9.69. The molecule has 0 radical (unpaired) electrons. The Bertz CT molecular complexity index is 1310. The summed E-state index contributed by atoms with van der Waals surface area (Å²) in [6, 6.07) is 7.84. The molecule has 12 heteroatoms. The molecule has 6 N–H and O–H groups in total. The zero-order valence-corrected chi connectivity index (χ0v) is 25.0. The Balaban J connectivity index is 1.54. The Morgan fingerprint density at radius 1 is 1.19 bits per heavy atom. The molecule has 0 spiro atoms. The summed E-state index contributed by atoms with van der Waals surface area (Å²) in [5.41, 5.74) is 8.95. The summed E-state index contributed by atoms with van der Waals surface area (Å²) < 4.78 is 5.44. The summed E-state index contributed by atoms with van der Waals surface area (Å²) in [5, 5.41) is 23.0. The molecule has 43 heavy (non-hydrogen) atoms. The number of rotatable bonds is 15. The quantitative estimate of drug-likeness (QED) is 0.145. The first-order valence-corrected chi connectivity index (χ1v) is 15.6. The van der Waals surface area contributed by atoms with Gasteiger partial charge in [-0.3, -0.25) is 24.0 Å². The molecule has 0 saturated heterocycles. The van der Waals surface area contributed by atoms with E-state index in [-0.39, 0.29) is 30.5 Å². The maximum Gasteiger partial charge on any atom is 0.322 e. The summed E-state index contributed by atoms with van der Waals surface area (Å²) in [5.74, 6) is -3.47. The molecule has 4 rings (SSSR count). The number of amides is 2. The second-order valence-corrected chi connectivity index (χ2v) is 12.8. The van der Waals surface area contributed by atoms with Gasteiger partial charge in [-0.1, -0.05) is 55.3 Å². The fraction of sp³-hybridized carbons (Fsp3) is 0.516. The van der Waals surface area contributed by atoms with E-state index in [0.717, 1.165) is 37.7 Å². The van der Waals surface area contributed by atoms with E-state index in [4.69, 9.17) is 20.7 Å². The van der Waals surface area contributed by atoms with Gasteiger partial charge in [0.2, 0.25) is 11.8 Å². The first-order valence-electron chi connectivity index (χ1n) is 14.6. The summed E-state index contributed by atoms with van der Waals surface area (Å²) in [7, 11) is 0. The molecule has 2 amide bonds. The lowest BCUT2D eigenvalue weighted by Gasteiger charge is -2.42. The molecule has 0 saturated carbocycles. The Morgan fingerprint density at radius 3 is 2.60 bits per heavy atom. The van der Waals surface area contributed by atoms with E-state index < -0.39 is 53.0 Å². The van der Waals surface area contributed by atoms with Crippen LogP contribution in [0.4, 0.5) is 0 Å². The van der Waals surface area contributed by atoms with Crippen molar-refractivity contribution in [1.29, 1.82) is 0 Å². The molecular formula is C31H39N3O8S. The Morgan fingerprint density at radius 2 is 1.93 bits per heavy atom. The molecular weight excluding hydrogens is 574 g/mol. The molecule has 0 aromatic heterocycles. The smallest absolute Gasteiger partial charge is 0.322 e. The van der Waals surface area contributed by atoms with Crippen molar-refractivity contribution in [1.82, 2.24) is 10.6 Å². The Labute approximate surface area is 254 Å². The third-order valence-corrected chi connectivity index (χ3v) is 9.88. The number of carbonyl (C=O) groups is 5. The Hall–Kier alpha value is -3.64. The van der Waals surface area contributed by atoms with Crippen LogP contribution in [0.15, 0.2) is 53.3 Å². The number of allylic oxidation sites excluding steroid dienone is 1. The fourth-order valence-corrected chi connectivity index (χ4v) is 7.80. The minimum absolute atomic E-state index is 0.0982. The summed E-state index contributed by atoms with van der Waals surface area (Å²) in [6.07, 6.45) is 6.40. The van der Waals surface area contributed by atoms with Crippen molar-refractivity contribution in [3.8, 4) is 0 Å². The normalized spacial score (nSPS) is 23.9. The van der Waals surface area contributed by atoms with Crippen molar-refractivity contribution < 1.29 is 38.9 Å². The van der Waals surface area contributed by atoms with E-state index in [9.17, 15) is 24.0 Å². The van der Waals surface area contributed by atoms with Gasteiger partial charge in [0.25, 0.3) is 0 Å². The SMILES string of the molecule is CCC[C@]1(SC[C@H](NC(=O)CC[C@H](N)C(=O)O)C(=O)NCC(=O)O)CC[C@H]2CC(Cc3ccccc3)=C[C@H]3C(=O)OC1=C23. The molecule has 3 aliphatic rings. The topological polar surface area (TPSA) is 185 Å². The van der Waals surface area contributed by atoms with Crippen LogP contribution in [0, 0.1) is 11.8 Å². The molecule has 1 aromatic rings. The second kappa shape index (κ2) is 14.2. The van der Waals surface area contributed by atoms with Gasteiger partial charge in [-0.05, 0) is 55.6 Å². The van der Waals surface area contributed by atoms with E-state index >= 15 is 0 Å². The molecule has 0 bridgehead atoms. The number of carboxylic acids is 2. The molecule has 1 heterocycles. The van der Waals surface area contributed by atoms with E-state index in [0.29, 0.717) is 12.2 Å². The Kier molecular flexibility index (Phi) is 10.7. The highest BCUT2D eigenvalue weighted by Gasteiger charge is 2.52. The number of carboxylic acid groups (broad SMARTS) is 2. The van der Waals surface area contributed by atoms with Crippen molar-refractivity contribution in [3.63, 3.8) is 0 Å². The van der Waals surface area contributed by atoms with Crippen LogP contribution >= 0.6 is 11.8 Å². The highest BCUT2D eigenvalue weighted by Crippen LogP contribution is 2.56. The maximum atomic E-state index is 13.2. The zero-order valence-electron chi connectivity index (χ0n) is 24.2. The van der Waals surface area contributed by atoms with E-state index in [1.807, 2.05) is 31.2 Å². The van der Waals surface area contributed by atoms with Gasteiger partial charge in [-0.25, -0.2) is 0 Å². The minimum atomic E-state index is -1.24. The molecule has 232 valence electrons. The lowest BCUT2D eigenvalue weighted by molar-refractivity contribution is -0.140. The lowest BCUT2D eigenvalue weighted by Crippen LogP contribution is -2.50. The van der Waals surface area contributed by atoms with Crippen LogP contribution < -0.4 is 16.4 Å². The third-order valence-electron chi connectivity index (χ3n) is 8.23. The number of nitrogens with two attached hydrogens (primary N) is 1. The van der Waals surface area contributed by atoms with Gasteiger partial charge in [0.15, 0.2) is 0 Å². The minimum Gasteiger partial charge on any atom is -0.480 e. The molecule has 11 nitrogen and oxygen atoms in total. The summed E-state index contributed by atoms with van der Waals surface area (Å²) in [6.45, 7) is 1.42. The maximum absolute atomic E-state index is 13.2. The molecule has 0 unspecified atom stereocenters. The largest absolute Gasteiger partial charge is 0.480 e. The first-order chi connectivity index (χ1) is 20.5. The van der Waals surface area contributed by atoms with Crippen LogP contribution in [0.2, 0.25) is 0 Å². The number of ether oxygens (including phenoxy) is 1. The van der Waals surface area contributed by atoms with Crippen molar-refractivity contribution in [3.05, 3.63) is 58.9 Å². The number of hydrogen-bond acceptors (Lipinski definition) is 8. The standard InChI is InChI=1S/C31H39N3O8S/c1-2-11-31(43-17-23(28(38)33-16-25(36)37)34-24(35)9-8-22(32)29(39)40)12-10-20-14-19(13-18-6-4-3-5-7-18)15-21-26(20)27(31)42-30(21)41/h3-7,15,20-23H,2,8-14,16-17,32H2,1H3,(H,33,38)(H,34,35)(H,36,37)(H,39,40)/t20-,21+,22-,23-,31-/m0/s1. The third kappa shape index (κ3) is 7.85. The van der Waals surface area contributed by atoms with Crippen molar-refractivity contribution in [2.45, 2.75) is 75.1 Å². The van der Waals surface area contributed by atoms with Gasteiger partial charge in [0.1, 0.15) is 30.3 Å². The number of hydrogen-bond donors (Lipinski definition) is 5. The van der Waals surface area contributed by atoms with Gasteiger partial charge in [0, 0.05) is 12.2 Å². The molecule has 1 aromatic carbocycles. The van der Waals surface area contributed by atoms with E-state index in [2.05, 4.69) is 22.8 Å². The van der Waals surface area contributed by atoms with Gasteiger partial charge >= 0.3 is 17.9 Å². The first kappa shape index (κ1) is 32.3. The number of carbonyl (C=O) groups excluding carboxylic acids is 3. The predicted octanol–water partition coefficient (Wildman–Crippen LogP) is 2.55. The molecule has 0 fully saturated rings. The summed E-state index contributed by atoms with van der Waals surface area (Å²) >= 11 is 1.43. The highest BCUT2D eigenvalue weighted by atomic mass is 32.2. The monoisotopic (exact) mass is 613 g/mol. The van der Waals surface area contributed by atoms with E-state index in [1.165, 1.54) is 22.9 Å². The van der Waals surface area contributed by atoms with Gasteiger partial charge in [0.05, 0.1) is 4.75 Å². The van der Waals surface area contributed by atoms with Crippen LogP contribution in [-0.4, -0.2) is 69.1 Å². The molecule has 5 atom stereocenters. The number of thioether (sulfide) groups is 1. The second-order valence-electron chi connectivity index (χ2n) is 11.4. The number of nitrogens with one attached hydrogen (secondary N) is 2. The van der Waals surface area contributed by atoms with Crippen LogP contribution in [-0.2, 0) is 35.1 Å². The number of aliphatic carboxylic acids is 2. The highest BCUT2D eigenvalue weighted by molar-refractivity contribution is 8.00.